The summed E-state index contributed by atoms with van der Waals surface area (Å²) in [6.07, 6.45) is 33.3. The number of ether oxygens (including phenoxy) is 6. The smallest absolute Gasteiger partial charge is 0.306 e. The van der Waals surface area contributed by atoms with Gasteiger partial charge in [-0.2, -0.15) is 0 Å². The Morgan fingerprint density at radius 3 is 1.53 bits per heavy atom. The molecule has 0 aromatic carbocycles. The maximum atomic E-state index is 13.0. The second kappa shape index (κ2) is 41.2. The zero-order chi connectivity index (χ0) is 51.0. The van der Waals surface area contributed by atoms with Crippen LogP contribution in [0.15, 0.2) is 85.1 Å². The van der Waals surface area contributed by atoms with Crippen molar-refractivity contribution in [2.45, 2.75) is 223 Å². The second-order valence-corrected chi connectivity index (χ2v) is 18.0. The van der Waals surface area contributed by atoms with Crippen molar-refractivity contribution in [1.82, 2.24) is 0 Å². The Bertz CT molecular complexity index is 1540. The Kier molecular flexibility index (Phi) is 36.9. The number of hydrogen-bond acceptors (Lipinski definition) is 15. The van der Waals surface area contributed by atoms with Gasteiger partial charge in [0.1, 0.15) is 55.4 Å². The van der Waals surface area contributed by atoms with Crippen LogP contribution in [-0.4, -0.2) is 142 Å². The first kappa shape index (κ1) is 62.8. The molecule has 2 aliphatic rings. The van der Waals surface area contributed by atoms with Crippen LogP contribution in [0.4, 0.5) is 0 Å². The number of esters is 2. The second-order valence-electron chi connectivity index (χ2n) is 18.0. The molecule has 2 aliphatic heterocycles. The third-order valence-corrected chi connectivity index (χ3v) is 12.0. The normalized spacial score (nSPS) is 26.1. The largest absolute Gasteiger partial charge is 0.462 e. The van der Waals surface area contributed by atoms with Gasteiger partial charge in [0.15, 0.2) is 18.7 Å². The topological polar surface area (TPSA) is 231 Å². The summed E-state index contributed by atoms with van der Waals surface area (Å²) in [5.74, 6) is -0.981. The van der Waals surface area contributed by atoms with Crippen molar-refractivity contribution in [2.24, 2.45) is 0 Å². The van der Waals surface area contributed by atoms with Crippen LogP contribution in [0.2, 0.25) is 0 Å². The van der Waals surface area contributed by atoms with E-state index < -0.39 is 99.3 Å². The summed E-state index contributed by atoms with van der Waals surface area (Å²) in [4.78, 5) is 25.8. The molecule has 5 unspecified atom stereocenters. The molecule has 0 saturated carbocycles. The molecule has 0 radical (unpaired) electrons. The molecule has 70 heavy (non-hydrogen) atoms. The van der Waals surface area contributed by atoms with Crippen LogP contribution in [0.5, 0.6) is 0 Å². The van der Waals surface area contributed by atoms with Gasteiger partial charge in [-0.3, -0.25) is 9.59 Å². The molecule has 2 fully saturated rings. The Labute approximate surface area is 418 Å². The van der Waals surface area contributed by atoms with Crippen molar-refractivity contribution in [1.29, 1.82) is 0 Å². The van der Waals surface area contributed by atoms with E-state index in [1.165, 1.54) is 44.9 Å². The highest BCUT2D eigenvalue weighted by atomic mass is 16.7. The average Bonchev–Trinajstić information content (AvgIpc) is 3.35. The monoisotopic (exact) mass is 991 g/mol. The van der Waals surface area contributed by atoms with Crippen LogP contribution in [-0.2, 0) is 38.0 Å². The first-order chi connectivity index (χ1) is 34.0. The summed E-state index contributed by atoms with van der Waals surface area (Å²) in [5.41, 5.74) is 0. The summed E-state index contributed by atoms with van der Waals surface area (Å²) in [7, 11) is 0. The molecule has 0 aliphatic carbocycles. The minimum Gasteiger partial charge on any atom is -0.462 e. The Morgan fingerprint density at radius 1 is 0.471 bits per heavy atom. The maximum Gasteiger partial charge on any atom is 0.306 e. The summed E-state index contributed by atoms with van der Waals surface area (Å²) in [6, 6.07) is 0. The lowest BCUT2D eigenvalue weighted by atomic mass is 9.98. The molecule has 7 N–H and O–H groups in total. The van der Waals surface area contributed by atoms with Crippen LogP contribution < -0.4 is 0 Å². The third kappa shape index (κ3) is 28.7. The van der Waals surface area contributed by atoms with Gasteiger partial charge in [0.05, 0.1) is 19.8 Å². The fraction of sp³-hybridized carbons (Fsp3) is 0.709. The lowest BCUT2D eigenvalue weighted by Gasteiger charge is -2.42. The highest BCUT2D eigenvalue weighted by Gasteiger charge is 2.47. The summed E-state index contributed by atoms with van der Waals surface area (Å²) in [6.45, 7) is 2.28. The number of carbonyl (C=O) groups excluding carboxylic acids is 2. The van der Waals surface area contributed by atoms with Gasteiger partial charge < -0.3 is 64.2 Å². The van der Waals surface area contributed by atoms with E-state index in [9.17, 15) is 45.3 Å². The average molecular weight is 991 g/mol. The predicted octanol–water partition coefficient (Wildman–Crippen LogP) is 7.60. The summed E-state index contributed by atoms with van der Waals surface area (Å²) >= 11 is 0. The lowest BCUT2D eigenvalue weighted by molar-refractivity contribution is -0.332. The maximum absolute atomic E-state index is 13.0. The highest BCUT2D eigenvalue weighted by Crippen LogP contribution is 2.26. The fourth-order valence-corrected chi connectivity index (χ4v) is 7.71. The van der Waals surface area contributed by atoms with Crippen LogP contribution in [0.25, 0.3) is 0 Å². The van der Waals surface area contributed by atoms with Crippen molar-refractivity contribution in [3.05, 3.63) is 85.1 Å². The molecule has 2 heterocycles. The van der Waals surface area contributed by atoms with E-state index >= 15 is 0 Å². The number of aliphatic hydroxyl groups excluding tert-OH is 7. The molecule has 0 bridgehead atoms. The molecule has 2 saturated heterocycles. The zero-order valence-electron chi connectivity index (χ0n) is 42.2. The Morgan fingerprint density at radius 2 is 0.929 bits per heavy atom. The fourth-order valence-electron chi connectivity index (χ4n) is 7.71. The standard InChI is InChI=1S/C55H90O15/c1-3-5-7-9-11-13-15-17-18-19-20-21-22-23-24-26-27-29-31-33-35-37-46(57)65-40-43(68-47(58)38-36-34-32-30-28-25-16-14-12-10-8-6-4-2)41-66-54-53(64)51(62)49(60)45(70-54)42-67-55-52(63)50(61)48(59)44(39-56)69-55/h5-8,10-14,16-18,25,28,43-45,48-56,59-64H,3-4,9,15,19-24,26-27,29-42H2,1-2H3/b7-5+,8-6+,12-10+,13-11+,16-14+,18-17+,28-25+/t43?,44-,45-,48+,49+,50?,51?,52?,53?,54-,55-/m1/s1. The van der Waals surface area contributed by atoms with E-state index in [4.69, 9.17) is 28.4 Å². The van der Waals surface area contributed by atoms with Gasteiger partial charge in [-0.05, 0) is 64.2 Å². The van der Waals surface area contributed by atoms with E-state index in [0.717, 1.165) is 70.6 Å². The molecule has 2 rings (SSSR count). The first-order valence-corrected chi connectivity index (χ1v) is 26.2. The van der Waals surface area contributed by atoms with Crippen molar-refractivity contribution < 1.29 is 73.8 Å². The summed E-state index contributed by atoms with van der Waals surface area (Å²) < 4.78 is 33.5. The Balaban J connectivity index is 1.78. The van der Waals surface area contributed by atoms with Gasteiger partial charge in [-0.25, -0.2) is 0 Å². The number of carbonyl (C=O) groups is 2. The van der Waals surface area contributed by atoms with Crippen molar-refractivity contribution >= 4 is 11.9 Å². The van der Waals surface area contributed by atoms with E-state index in [1.807, 2.05) is 36.5 Å². The number of aliphatic hydroxyl groups is 7. The van der Waals surface area contributed by atoms with Crippen LogP contribution in [0.3, 0.4) is 0 Å². The molecule has 11 atom stereocenters. The first-order valence-electron chi connectivity index (χ1n) is 26.2. The molecular weight excluding hydrogens is 901 g/mol. The van der Waals surface area contributed by atoms with Gasteiger partial charge in [0.2, 0.25) is 0 Å². The van der Waals surface area contributed by atoms with Gasteiger partial charge in [-0.1, -0.05) is 163 Å². The van der Waals surface area contributed by atoms with E-state index in [0.29, 0.717) is 12.8 Å². The molecule has 0 amide bonds. The van der Waals surface area contributed by atoms with Gasteiger partial charge in [0.25, 0.3) is 0 Å². The quantitative estimate of drug-likeness (QED) is 0.0136. The van der Waals surface area contributed by atoms with Crippen LogP contribution in [0, 0.1) is 0 Å². The number of unbranched alkanes of at least 4 members (excludes halogenated alkanes) is 14. The van der Waals surface area contributed by atoms with E-state index in [1.54, 1.807) is 0 Å². The highest BCUT2D eigenvalue weighted by molar-refractivity contribution is 5.70. The molecule has 0 aromatic heterocycles. The molecule has 15 heteroatoms. The van der Waals surface area contributed by atoms with E-state index in [-0.39, 0.29) is 19.4 Å². The van der Waals surface area contributed by atoms with Gasteiger partial charge in [-0.15, -0.1) is 0 Å². The minimum absolute atomic E-state index is 0.114. The minimum atomic E-state index is -1.78. The molecular formula is C55H90O15. The van der Waals surface area contributed by atoms with Crippen molar-refractivity contribution in [2.75, 3.05) is 26.4 Å². The molecule has 0 spiro atoms. The Hall–Kier alpha value is -3.32. The van der Waals surface area contributed by atoms with E-state index in [2.05, 4.69) is 62.5 Å². The number of hydrogen-bond donors (Lipinski definition) is 7. The van der Waals surface area contributed by atoms with Crippen molar-refractivity contribution in [3.8, 4) is 0 Å². The lowest BCUT2D eigenvalue weighted by Crippen LogP contribution is -2.61. The predicted molar refractivity (Wildman–Crippen MR) is 270 cm³/mol. The number of allylic oxidation sites excluding steroid dienone is 14. The molecule has 0 aromatic rings. The van der Waals surface area contributed by atoms with Crippen molar-refractivity contribution in [3.63, 3.8) is 0 Å². The third-order valence-electron chi connectivity index (χ3n) is 12.0. The molecule has 15 nitrogen and oxygen atoms in total. The SMILES string of the molecule is CC/C=C/C=C/C=C/C=C/CCCCCC(=O)OC(COC(=O)CCCCCCCCCCCCC/C=C/C/C=C/C/C=C/CC)CO[C@@H]1O[C@H](CO[C@@H]2O[C@H](CO)[C@H](O)C(O)C2O)[C@H](O)C(O)C1O. The van der Waals surface area contributed by atoms with Crippen LogP contribution in [0.1, 0.15) is 155 Å². The number of rotatable bonds is 39. The molecule has 400 valence electrons. The van der Waals surface area contributed by atoms with Crippen LogP contribution >= 0.6 is 0 Å². The van der Waals surface area contributed by atoms with Gasteiger partial charge in [0, 0.05) is 12.8 Å². The van der Waals surface area contributed by atoms with Gasteiger partial charge >= 0.3 is 11.9 Å². The zero-order valence-corrected chi connectivity index (χ0v) is 42.2. The summed E-state index contributed by atoms with van der Waals surface area (Å²) in [5, 5.41) is 72.1.